The van der Waals surface area contributed by atoms with Gasteiger partial charge in [-0.1, -0.05) is 36.7 Å². The Bertz CT molecular complexity index is 927. The van der Waals surface area contributed by atoms with Gasteiger partial charge in [0.1, 0.15) is 13.2 Å². The lowest BCUT2D eigenvalue weighted by Crippen LogP contribution is -2.44. The number of ether oxygens (including phenoxy) is 2. The summed E-state index contributed by atoms with van der Waals surface area (Å²) < 4.78 is 11.4. The zero-order valence-electron chi connectivity index (χ0n) is 18.9. The minimum absolute atomic E-state index is 0.0641. The largest absolute Gasteiger partial charge is 0.486 e. The number of nitrogens with one attached hydrogen (secondary N) is 1. The second kappa shape index (κ2) is 11.1. The fourth-order valence-electron chi connectivity index (χ4n) is 4.53. The number of aryl methyl sites for hydroxylation is 2. The molecular formula is C26H33ClN2O3. The van der Waals surface area contributed by atoms with Crippen molar-refractivity contribution in [3.05, 3.63) is 58.1 Å². The van der Waals surface area contributed by atoms with Crippen molar-refractivity contribution >= 4 is 17.5 Å². The first-order valence-electron chi connectivity index (χ1n) is 11.8. The van der Waals surface area contributed by atoms with Gasteiger partial charge in [0.2, 0.25) is 5.91 Å². The number of carbonyl (C=O) groups excluding carboxylic acids is 1. The predicted octanol–water partition coefficient (Wildman–Crippen LogP) is 4.43. The number of nitrogens with zero attached hydrogens (tertiary/aromatic N) is 1. The first-order chi connectivity index (χ1) is 15.6. The Morgan fingerprint density at radius 3 is 2.56 bits per heavy atom. The molecule has 2 heterocycles. The van der Waals surface area contributed by atoms with Crippen molar-refractivity contribution in [1.29, 1.82) is 0 Å². The number of benzene rings is 2. The highest BCUT2D eigenvalue weighted by atomic mass is 35.5. The Hall–Kier alpha value is -2.24. The molecule has 32 heavy (non-hydrogen) atoms. The molecule has 1 saturated heterocycles. The number of rotatable bonds is 9. The third-order valence-electron chi connectivity index (χ3n) is 6.27. The molecule has 4 rings (SSSR count). The maximum Gasteiger partial charge on any atom is 0.220 e. The average molecular weight is 457 g/mol. The Kier molecular flexibility index (Phi) is 7.93. The molecule has 0 bridgehead atoms. The topological polar surface area (TPSA) is 50.8 Å². The van der Waals surface area contributed by atoms with Gasteiger partial charge in [-0.05, 0) is 80.1 Å². The summed E-state index contributed by atoms with van der Waals surface area (Å²) in [6.45, 7) is 6.35. The molecule has 2 aromatic rings. The molecular weight excluding hydrogens is 424 g/mol. The van der Waals surface area contributed by atoms with Crippen LogP contribution in [0.4, 0.5) is 0 Å². The van der Waals surface area contributed by atoms with Crippen LogP contribution in [0.15, 0.2) is 36.4 Å². The van der Waals surface area contributed by atoms with E-state index in [9.17, 15) is 4.79 Å². The molecule has 2 aromatic carbocycles. The molecule has 6 heteroatoms. The fourth-order valence-corrected chi connectivity index (χ4v) is 4.86. The molecule has 1 N–H and O–H groups in total. The normalized spacial score (nSPS) is 16.7. The van der Waals surface area contributed by atoms with Crippen molar-refractivity contribution in [2.24, 2.45) is 0 Å². The van der Waals surface area contributed by atoms with Crippen molar-refractivity contribution in [2.45, 2.75) is 51.5 Å². The molecule has 0 aromatic heterocycles. The fraction of sp³-hybridized carbons (Fsp3) is 0.500. The van der Waals surface area contributed by atoms with Gasteiger partial charge in [-0.2, -0.15) is 0 Å². The van der Waals surface area contributed by atoms with Crippen molar-refractivity contribution in [2.75, 3.05) is 32.8 Å². The maximum atomic E-state index is 12.8. The summed E-state index contributed by atoms with van der Waals surface area (Å²) in [4.78, 5) is 15.3. The number of hydrogen-bond donors (Lipinski definition) is 1. The number of likely N-dealkylation sites (tertiary alicyclic amines) is 1. The Morgan fingerprint density at radius 1 is 1.06 bits per heavy atom. The highest BCUT2D eigenvalue weighted by Crippen LogP contribution is 2.31. The molecule has 5 nitrogen and oxygen atoms in total. The molecule has 1 fully saturated rings. The molecule has 1 atom stereocenters. The minimum Gasteiger partial charge on any atom is -0.486 e. The summed E-state index contributed by atoms with van der Waals surface area (Å²) in [6.07, 6.45) is 5.31. The Balaban J connectivity index is 1.37. The molecule has 172 valence electrons. The lowest BCUT2D eigenvalue weighted by Gasteiger charge is -2.25. The van der Waals surface area contributed by atoms with Gasteiger partial charge in [-0.15, -0.1) is 0 Å². The predicted molar refractivity (Wildman–Crippen MR) is 128 cm³/mol. The van der Waals surface area contributed by atoms with E-state index in [0.717, 1.165) is 65.7 Å². The number of carbonyl (C=O) groups is 1. The van der Waals surface area contributed by atoms with Gasteiger partial charge in [0, 0.05) is 24.0 Å². The monoisotopic (exact) mass is 456 g/mol. The number of hydrogen-bond acceptors (Lipinski definition) is 4. The van der Waals surface area contributed by atoms with Crippen LogP contribution >= 0.6 is 11.6 Å². The lowest BCUT2D eigenvalue weighted by atomic mass is 10.0. The van der Waals surface area contributed by atoms with Crippen LogP contribution in [0.3, 0.4) is 0 Å². The van der Waals surface area contributed by atoms with Crippen LogP contribution in [-0.4, -0.2) is 49.7 Å². The Morgan fingerprint density at radius 2 is 1.81 bits per heavy atom. The van der Waals surface area contributed by atoms with Crippen LogP contribution in [-0.2, 0) is 24.1 Å². The van der Waals surface area contributed by atoms with Crippen LogP contribution in [0, 0.1) is 0 Å². The van der Waals surface area contributed by atoms with E-state index in [4.69, 9.17) is 21.1 Å². The van der Waals surface area contributed by atoms with Crippen LogP contribution in [0.1, 0.15) is 42.9 Å². The van der Waals surface area contributed by atoms with Gasteiger partial charge in [-0.25, -0.2) is 0 Å². The third-order valence-corrected chi connectivity index (χ3v) is 6.62. The smallest absolute Gasteiger partial charge is 0.220 e. The summed E-state index contributed by atoms with van der Waals surface area (Å²) in [5.41, 5.74) is 3.40. The molecule has 0 unspecified atom stereocenters. The summed E-state index contributed by atoms with van der Waals surface area (Å²) in [5.74, 6) is 1.68. The van der Waals surface area contributed by atoms with E-state index < -0.39 is 0 Å². The van der Waals surface area contributed by atoms with Crippen LogP contribution in [0.2, 0.25) is 5.02 Å². The van der Waals surface area contributed by atoms with E-state index in [0.29, 0.717) is 26.1 Å². The van der Waals surface area contributed by atoms with Gasteiger partial charge in [0.05, 0.1) is 0 Å². The molecule has 0 aliphatic carbocycles. The zero-order valence-corrected chi connectivity index (χ0v) is 19.6. The van der Waals surface area contributed by atoms with Gasteiger partial charge in [0.25, 0.3) is 0 Å². The van der Waals surface area contributed by atoms with Crippen LogP contribution in [0.5, 0.6) is 11.5 Å². The van der Waals surface area contributed by atoms with E-state index in [2.05, 4.69) is 41.4 Å². The molecule has 0 saturated carbocycles. The van der Waals surface area contributed by atoms with E-state index >= 15 is 0 Å². The zero-order chi connectivity index (χ0) is 22.3. The quantitative estimate of drug-likeness (QED) is 0.606. The first kappa shape index (κ1) is 22.9. The van der Waals surface area contributed by atoms with E-state index in [1.54, 1.807) is 0 Å². The van der Waals surface area contributed by atoms with Crippen molar-refractivity contribution < 1.29 is 14.3 Å². The number of fused-ring (bicyclic) bond motifs is 1. The van der Waals surface area contributed by atoms with Gasteiger partial charge in [-0.3, -0.25) is 4.79 Å². The van der Waals surface area contributed by atoms with Gasteiger partial charge < -0.3 is 19.7 Å². The van der Waals surface area contributed by atoms with Crippen LogP contribution in [0.25, 0.3) is 0 Å². The average Bonchev–Trinajstić information content (AvgIpc) is 3.31. The van der Waals surface area contributed by atoms with E-state index in [-0.39, 0.29) is 11.9 Å². The second-order valence-corrected chi connectivity index (χ2v) is 9.14. The summed E-state index contributed by atoms with van der Waals surface area (Å²) >= 11 is 6.34. The van der Waals surface area contributed by atoms with E-state index in [1.165, 1.54) is 12.8 Å². The first-order valence-corrected chi connectivity index (χ1v) is 12.2. The summed E-state index contributed by atoms with van der Waals surface area (Å²) in [6, 6.07) is 12.3. The standard InChI is InChI=1S/C26H33ClN2O3/c1-2-21-8-5-19(16-23(21)27)7-10-26(30)28-22(18-29-11-3-4-12-29)15-20-6-9-24-25(17-20)32-14-13-31-24/h5-6,8-9,16-17,22H,2-4,7,10-15,18H2,1H3,(H,28,30)/t22-/m0/s1. The summed E-state index contributed by atoms with van der Waals surface area (Å²) in [7, 11) is 0. The molecule has 0 radical (unpaired) electrons. The Labute approximate surface area is 196 Å². The van der Waals surface area contributed by atoms with Gasteiger partial charge >= 0.3 is 0 Å². The molecule has 0 spiro atoms. The van der Waals surface area contributed by atoms with Crippen LogP contribution < -0.4 is 14.8 Å². The van der Waals surface area contributed by atoms with Crippen molar-refractivity contribution in [1.82, 2.24) is 10.2 Å². The lowest BCUT2D eigenvalue weighted by molar-refractivity contribution is -0.121. The van der Waals surface area contributed by atoms with Crippen molar-refractivity contribution in [3.8, 4) is 11.5 Å². The SMILES string of the molecule is CCc1ccc(CCC(=O)N[C@@H](Cc2ccc3c(c2)OCCO3)CN2CCCC2)cc1Cl. The third kappa shape index (κ3) is 6.17. The summed E-state index contributed by atoms with van der Waals surface area (Å²) in [5, 5.41) is 4.08. The molecule has 2 aliphatic rings. The maximum absolute atomic E-state index is 12.8. The second-order valence-electron chi connectivity index (χ2n) is 8.73. The molecule has 1 amide bonds. The number of amides is 1. The number of halogens is 1. The van der Waals surface area contributed by atoms with Gasteiger partial charge in [0.15, 0.2) is 11.5 Å². The molecule has 2 aliphatic heterocycles. The highest BCUT2D eigenvalue weighted by molar-refractivity contribution is 6.31. The minimum atomic E-state index is 0.0641. The van der Waals surface area contributed by atoms with E-state index in [1.807, 2.05) is 12.1 Å². The highest BCUT2D eigenvalue weighted by Gasteiger charge is 2.21. The van der Waals surface area contributed by atoms with Crippen molar-refractivity contribution in [3.63, 3.8) is 0 Å².